The van der Waals surface area contributed by atoms with Crippen molar-refractivity contribution in [3.63, 3.8) is 0 Å². The standard InChI is InChI=1S/C14H14BrFN2/c1-18(10-13-4-2-3-7-17-13)9-11-5-6-12(15)8-14(11)16/h2-8H,9-10H2,1H3. The van der Waals surface area contributed by atoms with Crippen LogP contribution in [0.2, 0.25) is 0 Å². The summed E-state index contributed by atoms with van der Waals surface area (Å²) in [5.41, 5.74) is 1.68. The minimum Gasteiger partial charge on any atom is -0.296 e. The van der Waals surface area contributed by atoms with Gasteiger partial charge in [0.15, 0.2) is 0 Å². The summed E-state index contributed by atoms with van der Waals surface area (Å²) in [6, 6.07) is 11.0. The Morgan fingerprint density at radius 2 is 2.06 bits per heavy atom. The highest BCUT2D eigenvalue weighted by atomic mass is 79.9. The van der Waals surface area contributed by atoms with Crippen LogP contribution >= 0.6 is 15.9 Å². The van der Waals surface area contributed by atoms with E-state index in [2.05, 4.69) is 20.9 Å². The summed E-state index contributed by atoms with van der Waals surface area (Å²) in [4.78, 5) is 6.29. The Kier molecular flexibility index (Phi) is 4.44. The number of pyridine rings is 1. The molecule has 1 aromatic carbocycles. The third-order valence-corrected chi connectivity index (χ3v) is 3.11. The molecule has 0 amide bonds. The van der Waals surface area contributed by atoms with Crippen molar-refractivity contribution >= 4 is 15.9 Å². The summed E-state index contributed by atoms with van der Waals surface area (Å²) in [5, 5.41) is 0. The van der Waals surface area contributed by atoms with Gasteiger partial charge in [0, 0.05) is 29.3 Å². The van der Waals surface area contributed by atoms with Crippen LogP contribution in [-0.4, -0.2) is 16.9 Å². The van der Waals surface area contributed by atoms with Gasteiger partial charge in [-0.3, -0.25) is 9.88 Å². The van der Waals surface area contributed by atoms with Crippen molar-refractivity contribution in [3.8, 4) is 0 Å². The zero-order chi connectivity index (χ0) is 13.0. The fourth-order valence-electron chi connectivity index (χ4n) is 1.76. The van der Waals surface area contributed by atoms with Crippen LogP contribution in [0.1, 0.15) is 11.3 Å². The predicted octanol–water partition coefficient (Wildman–Crippen LogP) is 3.62. The van der Waals surface area contributed by atoms with Gasteiger partial charge in [0.1, 0.15) is 5.82 Å². The molecular formula is C14H14BrFN2. The molecule has 0 bridgehead atoms. The van der Waals surface area contributed by atoms with Crippen LogP contribution in [-0.2, 0) is 13.1 Å². The molecule has 0 saturated carbocycles. The molecule has 2 aromatic rings. The van der Waals surface area contributed by atoms with Crippen LogP contribution in [0.4, 0.5) is 4.39 Å². The quantitative estimate of drug-likeness (QED) is 0.857. The van der Waals surface area contributed by atoms with E-state index in [0.29, 0.717) is 18.7 Å². The molecule has 0 aliphatic carbocycles. The topological polar surface area (TPSA) is 16.1 Å². The Morgan fingerprint density at radius 1 is 1.22 bits per heavy atom. The maximum Gasteiger partial charge on any atom is 0.128 e. The average molecular weight is 309 g/mol. The first-order valence-corrected chi connectivity index (χ1v) is 6.47. The van der Waals surface area contributed by atoms with Crippen molar-refractivity contribution in [1.82, 2.24) is 9.88 Å². The van der Waals surface area contributed by atoms with E-state index >= 15 is 0 Å². The second-order valence-electron chi connectivity index (χ2n) is 4.23. The zero-order valence-electron chi connectivity index (χ0n) is 10.1. The van der Waals surface area contributed by atoms with Gasteiger partial charge in [0.25, 0.3) is 0 Å². The third kappa shape index (κ3) is 3.62. The molecule has 0 aliphatic heterocycles. The van der Waals surface area contributed by atoms with Crippen LogP contribution < -0.4 is 0 Å². The van der Waals surface area contributed by atoms with E-state index in [-0.39, 0.29) is 5.82 Å². The number of hydrogen-bond donors (Lipinski definition) is 0. The summed E-state index contributed by atoms with van der Waals surface area (Å²) in [6.45, 7) is 1.27. The van der Waals surface area contributed by atoms with E-state index in [4.69, 9.17) is 0 Å². The third-order valence-electron chi connectivity index (χ3n) is 2.61. The summed E-state index contributed by atoms with van der Waals surface area (Å²) in [6.07, 6.45) is 1.77. The van der Waals surface area contributed by atoms with Crippen LogP contribution in [0.5, 0.6) is 0 Å². The zero-order valence-corrected chi connectivity index (χ0v) is 11.7. The highest BCUT2D eigenvalue weighted by Gasteiger charge is 2.07. The van der Waals surface area contributed by atoms with E-state index in [1.165, 1.54) is 6.07 Å². The van der Waals surface area contributed by atoms with Crippen molar-refractivity contribution < 1.29 is 4.39 Å². The SMILES string of the molecule is CN(Cc1ccccn1)Cc1ccc(Br)cc1F. The smallest absolute Gasteiger partial charge is 0.128 e. The number of benzene rings is 1. The molecule has 0 fully saturated rings. The van der Waals surface area contributed by atoms with Gasteiger partial charge in [-0.15, -0.1) is 0 Å². The summed E-state index contributed by atoms with van der Waals surface area (Å²) < 4.78 is 14.4. The number of hydrogen-bond acceptors (Lipinski definition) is 2. The Labute approximate surface area is 115 Å². The molecule has 0 saturated heterocycles. The first kappa shape index (κ1) is 13.2. The molecule has 1 aromatic heterocycles. The molecule has 2 rings (SSSR count). The summed E-state index contributed by atoms with van der Waals surface area (Å²) in [5.74, 6) is -0.183. The first-order valence-electron chi connectivity index (χ1n) is 5.67. The minimum atomic E-state index is -0.183. The maximum atomic E-state index is 13.7. The second kappa shape index (κ2) is 6.07. The number of halogens is 2. The fourth-order valence-corrected chi connectivity index (χ4v) is 2.10. The van der Waals surface area contributed by atoms with Crippen molar-refractivity contribution in [1.29, 1.82) is 0 Å². The van der Waals surface area contributed by atoms with Crippen molar-refractivity contribution in [2.45, 2.75) is 13.1 Å². The molecule has 94 valence electrons. The fraction of sp³-hybridized carbons (Fsp3) is 0.214. The largest absolute Gasteiger partial charge is 0.296 e. The average Bonchev–Trinajstić information content (AvgIpc) is 2.34. The molecule has 1 heterocycles. The maximum absolute atomic E-state index is 13.7. The van der Waals surface area contributed by atoms with Crippen LogP contribution in [0.25, 0.3) is 0 Å². The molecule has 0 unspecified atom stereocenters. The highest BCUT2D eigenvalue weighted by molar-refractivity contribution is 9.10. The summed E-state index contributed by atoms with van der Waals surface area (Å²) >= 11 is 3.25. The molecule has 18 heavy (non-hydrogen) atoms. The lowest BCUT2D eigenvalue weighted by molar-refractivity contribution is 0.310. The number of aromatic nitrogens is 1. The van der Waals surface area contributed by atoms with Gasteiger partial charge in [-0.1, -0.05) is 28.1 Å². The molecule has 2 nitrogen and oxygen atoms in total. The Morgan fingerprint density at radius 3 is 2.72 bits per heavy atom. The van der Waals surface area contributed by atoms with E-state index in [1.807, 2.05) is 36.2 Å². The van der Waals surface area contributed by atoms with E-state index < -0.39 is 0 Å². The highest BCUT2D eigenvalue weighted by Crippen LogP contribution is 2.16. The van der Waals surface area contributed by atoms with Gasteiger partial charge in [0.2, 0.25) is 0 Å². The van der Waals surface area contributed by atoms with Gasteiger partial charge < -0.3 is 0 Å². The molecule has 4 heteroatoms. The van der Waals surface area contributed by atoms with Gasteiger partial charge >= 0.3 is 0 Å². The second-order valence-corrected chi connectivity index (χ2v) is 5.14. The Hall–Kier alpha value is -1.26. The Balaban J connectivity index is 2.01. The molecule has 0 radical (unpaired) electrons. The molecule has 0 aliphatic rings. The molecule has 0 spiro atoms. The predicted molar refractivity (Wildman–Crippen MR) is 73.5 cm³/mol. The van der Waals surface area contributed by atoms with Gasteiger partial charge in [-0.05, 0) is 31.3 Å². The minimum absolute atomic E-state index is 0.183. The van der Waals surface area contributed by atoms with Crippen molar-refractivity contribution in [2.75, 3.05) is 7.05 Å². The summed E-state index contributed by atoms with van der Waals surface area (Å²) in [7, 11) is 1.95. The van der Waals surface area contributed by atoms with Crippen LogP contribution in [0.3, 0.4) is 0 Å². The van der Waals surface area contributed by atoms with E-state index in [9.17, 15) is 4.39 Å². The van der Waals surface area contributed by atoms with Gasteiger partial charge in [-0.25, -0.2) is 4.39 Å². The Bertz CT molecular complexity index is 516. The molecular weight excluding hydrogens is 295 g/mol. The normalized spacial score (nSPS) is 10.9. The van der Waals surface area contributed by atoms with E-state index in [0.717, 1.165) is 10.2 Å². The first-order chi connectivity index (χ1) is 8.65. The van der Waals surface area contributed by atoms with Gasteiger partial charge in [0.05, 0.1) is 5.69 Å². The number of nitrogens with zero attached hydrogens (tertiary/aromatic N) is 2. The lowest BCUT2D eigenvalue weighted by Crippen LogP contribution is -2.18. The van der Waals surface area contributed by atoms with Crippen molar-refractivity contribution in [3.05, 3.63) is 64.1 Å². The van der Waals surface area contributed by atoms with Crippen LogP contribution in [0.15, 0.2) is 47.1 Å². The lowest BCUT2D eigenvalue weighted by atomic mass is 10.2. The van der Waals surface area contributed by atoms with Crippen molar-refractivity contribution in [2.24, 2.45) is 0 Å². The molecule has 0 atom stereocenters. The molecule has 0 N–H and O–H groups in total. The van der Waals surface area contributed by atoms with E-state index in [1.54, 1.807) is 12.3 Å². The van der Waals surface area contributed by atoms with Crippen LogP contribution in [0, 0.1) is 5.82 Å². The van der Waals surface area contributed by atoms with Gasteiger partial charge in [-0.2, -0.15) is 0 Å². The monoisotopic (exact) mass is 308 g/mol. The number of rotatable bonds is 4. The lowest BCUT2D eigenvalue weighted by Gasteiger charge is -2.16.